The van der Waals surface area contributed by atoms with Gasteiger partial charge in [0.05, 0.1) is 34.7 Å². The van der Waals surface area contributed by atoms with Crippen molar-refractivity contribution in [1.82, 2.24) is 19.9 Å². The Labute approximate surface area is 203 Å². The van der Waals surface area contributed by atoms with Gasteiger partial charge in [-0.25, -0.2) is 26.9 Å². The fourth-order valence-electron chi connectivity index (χ4n) is 5.25. The molecule has 0 spiro atoms. The summed E-state index contributed by atoms with van der Waals surface area (Å²) in [4.78, 5) is 4.50. The van der Waals surface area contributed by atoms with Crippen LogP contribution in [-0.4, -0.2) is 41.9 Å². The van der Waals surface area contributed by atoms with Crippen molar-refractivity contribution < 1.29 is 22.3 Å². The number of hydrogen-bond acceptors (Lipinski definition) is 6. The van der Waals surface area contributed by atoms with Gasteiger partial charge in [-0.3, -0.25) is 0 Å². The quantitative estimate of drug-likeness (QED) is 0.507. The predicted octanol–water partition coefficient (Wildman–Crippen LogP) is 3.93. The normalized spacial score (nSPS) is 21.2. The van der Waals surface area contributed by atoms with Gasteiger partial charge in [0, 0.05) is 6.54 Å². The first-order valence-corrected chi connectivity index (χ1v) is 12.9. The maximum absolute atomic E-state index is 14.5. The SMILES string of the molecule is CCC1c2cc(-c3c(F)cccc3F)nnc2C(C)(c2cccc(S(=O)(=O)NCCO)n2)C1(C)C. The average molecular weight is 503 g/mol. The molecule has 35 heavy (non-hydrogen) atoms. The van der Waals surface area contributed by atoms with E-state index in [0.29, 0.717) is 11.4 Å². The molecule has 1 aliphatic rings. The van der Waals surface area contributed by atoms with Crippen molar-refractivity contribution in [3.05, 3.63) is 71.1 Å². The lowest BCUT2D eigenvalue weighted by atomic mass is 9.62. The minimum atomic E-state index is -3.93. The number of aliphatic hydroxyl groups excluding tert-OH is 1. The summed E-state index contributed by atoms with van der Waals surface area (Å²) in [6.45, 7) is 7.62. The molecular formula is C25H28F2N4O3S. The van der Waals surface area contributed by atoms with Crippen molar-refractivity contribution in [2.45, 2.75) is 50.5 Å². The van der Waals surface area contributed by atoms with Gasteiger partial charge in [0.25, 0.3) is 10.0 Å². The number of fused-ring (bicyclic) bond motifs is 1. The molecule has 2 N–H and O–H groups in total. The molecule has 0 radical (unpaired) electrons. The Balaban J connectivity index is 1.90. The molecule has 10 heteroatoms. The second-order valence-electron chi connectivity index (χ2n) is 9.42. The third-order valence-corrected chi connectivity index (χ3v) is 8.74. The van der Waals surface area contributed by atoms with Crippen molar-refractivity contribution in [2.75, 3.05) is 13.2 Å². The second-order valence-corrected chi connectivity index (χ2v) is 11.1. The molecule has 0 saturated heterocycles. The lowest BCUT2D eigenvalue weighted by Crippen LogP contribution is -2.40. The van der Waals surface area contributed by atoms with Crippen LogP contribution in [-0.2, 0) is 15.4 Å². The molecule has 1 aromatic carbocycles. The van der Waals surface area contributed by atoms with Crippen molar-refractivity contribution in [3.63, 3.8) is 0 Å². The van der Waals surface area contributed by atoms with Crippen LogP contribution in [0.5, 0.6) is 0 Å². The van der Waals surface area contributed by atoms with Gasteiger partial charge in [-0.15, -0.1) is 5.10 Å². The molecule has 2 atom stereocenters. The summed E-state index contributed by atoms with van der Waals surface area (Å²) in [5.74, 6) is -1.49. The standard InChI is InChI=1S/C25H28F2N4O3S/c1-5-16-15-14-19(22-17(26)8-6-9-18(22)27)30-31-23(15)25(4,24(16,2)3)20-10-7-11-21(29-20)35(33,34)28-12-13-32/h6-11,14,16,28,32H,5,12-13H2,1-4H3. The molecule has 1 aliphatic carbocycles. The summed E-state index contributed by atoms with van der Waals surface area (Å²) in [6, 6.07) is 10.1. The highest BCUT2D eigenvalue weighted by atomic mass is 32.2. The van der Waals surface area contributed by atoms with Crippen LogP contribution in [0.25, 0.3) is 11.3 Å². The number of pyridine rings is 1. The number of benzene rings is 1. The molecule has 2 unspecified atom stereocenters. The number of rotatable bonds is 7. The highest BCUT2D eigenvalue weighted by Gasteiger charge is 2.57. The zero-order chi connectivity index (χ0) is 25.6. The molecule has 2 heterocycles. The number of sulfonamides is 1. The van der Waals surface area contributed by atoms with Crippen LogP contribution in [0.15, 0.2) is 47.5 Å². The summed E-state index contributed by atoms with van der Waals surface area (Å²) in [6.07, 6.45) is 0.719. The lowest BCUT2D eigenvalue weighted by Gasteiger charge is -2.41. The van der Waals surface area contributed by atoms with Crippen molar-refractivity contribution >= 4 is 10.0 Å². The zero-order valence-electron chi connectivity index (χ0n) is 20.0. The smallest absolute Gasteiger partial charge is 0.258 e. The molecule has 0 bridgehead atoms. The van der Waals surface area contributed by atoms with E-state index in [2.05, 4.69) is 33.8 Å². The molecule has 2 aromatic heterocycles. The largest absolute Gasteiger partial charge is 0.395 e. The summed E-state index contributed by atoms with van der Waals surface area (Å²) >= 11 is 0. The van der Waals surface area contributed by atoms with Crippen molar-refractivity contribution in [2.24, 2.45) is 5.41 Å². The summed E-state index contributed by atoms with van der Waals surface area (Å²) < 4.78 is 56.6. The van der Waals surface area contributed by atoms with Crippen LogP contribution in [0, 0.1) is 17.0 Å². The molecule has 3 aromatic rings. The van der Waals surface area contributed by atoms with Crippen LogP contribution in [0.3, 0.4) is 0 Å². The van der Waals surface area contributed by atoms with E-state index < -0.39 is 32.5 Å². The van der Waals surface area contributed by atoms with Gasteiger partial charge in [-0.1, -0.05) is 32.9 Å². The minimum absolute atomic E-state index is 0.0545. The molecule has 0 saturated carbocycles. The first-order valence-electron chi connectivity index (χ1n) is 11.4. The monoisotopic (exact) mass is 502 g/mol. The average Bonchev–Trinajstić information content (AvgIpc) is 3.00. The Morgan fingerprint density at radius 1 is 1.06 bits per heavy atom. The van der Waals surface area contributed by atoms with E-state index >= 15 is 0 Å². The van der Waals surface area contributed by atoms with Gasteiger partial charge in [-0.05, 0) is 60.6 Å². The Morgan fingerprint density at radius 2 is 1.71 bits per heavy atom. The minimum Gasteiger partial charge on any atom is -0.395 e. The van der Waals surface area contributed by atoms with Gasteiger partial charge >= 0.3 is 0 Å². The molecule has 0 aliphatic heterocycles. The number of aromatic nitrogens is 3. The van der Waals surface area contributed by atoms with Crippen molar-refractivity contribution in [1.29, 1.82) is 0 Å². The van der Waals surface area contributed by atoms with Crippen LogP contribution in [0.4, 0.5) is 8.78 Å². The van der Waals surface area contributed by atoms with E-state index in [1.165, 1.54) is 24.3 Å². The van der Waals surface area contributed by atoms with Gasteiger partial charge in [0.2, 0.25) is 0 Å². The number of hydrogen-bond donors (Lipinski definition) is 2. The summed E-state index contributed by atoms with van der Waals surface area (Å²) in [5.41, 5.74) is 0.441. The highest BCUT2D eigenvalue weighted by Crippen LogP contribution is 2.61. The molecule has 186 valence electrons. The second kappa shape index (κ2) is 9.00. The van der Waals surface area contributed by atoms with Gasteiger partial charge < -0.3 is 5.11 Å². The third kappa shape index (κ3) is 3.93. The molecule has 0 amide bonds. The highest BCUT2D eigenvalue weighted by molar-refractivity contribution is 7.89. The summed E-state index contributed by atoms with van der Waals surface area (Å²) in [7, 11) is -3.93. The number of nitrogens with zero attached hydrogens (tertiary/aromatic N) is 3. The van der Waals surface area contributed by atoms with Crippen LogP contribution < -0.4 is 4.72 Å². The molecular weight excluding hydrogens is 474 g/mol. The number of aliphatic hydroxyl groups is 1. The molecule has 4 rings (SSSR count). The maximum atomic E-state index is 14.5. The summed E-state index contributed by atoms with van der Waals surface area (Å²) in [5, 5.41) is 17.5. The lowest BCUT2D eigenvalue weighted by molar-refractivity contribution is 0.188. The zero-order valence-corrected chi connectivity index (χ0v) is 20.8. The van der Waals surface area contributed by atoms with E-state index in [0.717, 1.165) is 12.0 Å². The van der Waals surface area contributed by atoms with E-state index in [9.17, 15) is 17.2 Å². The van der Waals surface area contributed by atoms with E-state index in [1.807, 2.05) is 13.8 Å². The van der Waals surface area contributed by atoms with Crippen LogP contribution in [0.2, 0.25) is 0 Å². The van der Waals surface area contributed by atoms with Crippen LogP contribution in [0.1, 0.15) is 57.0 Å². The topological polar surface area (TPSA) is 105 Å². The number of halogens is 2. The van der Waals surface area contributed by atoms with Gasteiger partial charge in [0.1, 0.15) is 11.6 Å². The number of nitrogens with one attached hydrogen (secondary N) is 1. The molecule has 7 nitrogen and oxygen atoms in total. The van der Waals surface area contributed by atoms with E-state index in [-0.39, 0.29) is 35.4 Å². The van der Waals surface area contributed by atoms with Crippen molar-refractivity contribution in [3.8, 4) is 11.3 Å². The fourth-order valence-corrected chi connectivity index (χ4v) is 6.23. The Kier molecular flexibility index (Phi) is 6.50. The van der Waals surface area contributed by atoms with E-state index in [1.54, 1.807) is 18.2 Å². The Morgan fingerprint density at radius 3 is 2.34 bits per heavy atom. The maximum Gasteiger partial charge on any atom is 0.258 e. The Hall–Kier alpha value is -2.82. The van der Waals surface area contributed by atoms with Gasteiger partial charge in [0.15, 0.2) is 5.03 Å². The van der Waals surface area contributed by atoms with Gasteiger partial charge in [-0.2, -0.15) is 5.10 Å². The van der Waals surface area contributed by atoms with Crippen LogP contribution >= 0.6 is 0 Å². The first kappa shape index (κ1) is 25.3. The Bertz CT molecular complexity index is 1360. The predicted molar refractivity (Wildman–Crippen MR) is 127 cm³/mol. The first-order chi connectivity index (χ1) is 16.5. The third-order valence-electron chi connectivity index (χ3n) is 7.37. The fraction of sp³-hybridized carbons (Fsp3) is 0.400. The van der Waals surface area contributed by atoms with E-state index in [4.69, 9.17) is 5.11 Å². The molecule has 0 fully saturated rings.